The SMILES string of the molecule is Cc1ccc(Cl)cc1NC(=O)[C@@H]1CCCN1c1ncnc2ccccc12. The van der Waals surface area contributed by atoms with Gasteiger partial charge in [0, 0.05) is 22.6 Å². The zero-order chi connectivity index (χ0) is 18.1. The second-order valence-electron chi connectivity index (χ2n) is 6.51. The molecule has 0 unspecified atom stereocenters. The van der Waals surface area contributed by atoms with Crippen molar-refractivity contribution in [2.75, 3.05) is 16.8 Å². The Bertz CT molecular complexity index is 970. The Kier molecular flexibility index (Phi) is 4.47. The lowest BCUT2D eigenvalue weighted by Crippen LogP contribution is -2.40. The number of nitrogens with one attached hydrogen (secondary N) is 1. The lowest BCUT2D eigenvalue weighted by molar-refractivity contribution is -0.117. The van der Waals surface area contributed by atoms with Gasteiger partial charge in [-0.05, 0) is 49.6 Å². The van der Waals surface area contributed by atoms with E-state index in [1.54, 1.807) is 12.4 Å². The predicted octanol–water partition coefficient (Wildman–Crippen LogP) is 4.20. The number of anilines is 2. The summed E-state index contributed by atoms with van der Waals surface area (Å²) in [6, 6.07) is 13.1. The van der Waals surface area contributed by atoms with Gasteiger partial charge in [-0.2, -0.15) is 0 Å². The third kappa shape index (κ3) is 3.10. The Hall–Kier alpha value is -2.66. The van der Waals surface area contributed by atoms with E-state index in [2.05, 4.69) is 20.2 Å². The molecule has 0 aliphatic carbocycles. The fourth-order valence-corrected chi connectivity index (χ4v) is 3.63. The van der Waals surface area contributed by atoms with Crippen molar-refractivity contribution in [1.82, 2.24) is 9.97 Å². The molecule has 3 aromatic rings. The summed E-state index contributed by atoms with van der Waals surface area (Å²) in [7, 11) is 0. The van der Waals surface area contributed by atoms with E-state index in [0.717, 1.165) is 47.4 Å². The van der Waals surface area contributed by atoms with Crippen LogP contribution in [-0.2, 0) is 4.79 Å². The number of benzene rings is 2. The van der Waals surface area contributed by atoms with Crippen molar-refractivity contribution >= 4 is 39.9 Å². The monoisotopic (exact) mass is 366 g/mol. The molecule has 0 radical (unpaired) electrons. The first-order valence-corrected chi connectivity index (χ1v) is 9.05. The van der Waals surface area contributed by atoms with Gasteiger partial charge in [0.1, 0.15) is 18.2 Å². The van der Waals surface area contributed by atoms with Gasteiger partial charge in [0.05, 0.1) is 5.52 Å². The van der Waals surface area contributed by atoms with E-state index >= 15 is 0 Å². The van der Waals surface area contributed by atoms with Crippen LogP contribution in [0.25, 0.3) is 10.9 Å². The molecule has 1 N–H and O–H groups in total. The minimum Gasteiger partial charge on any atom is -0.344 e. The molecular weight excluding hydrogens is 348 g/mol. The molecule has 0 spiro atoms. The van der Waals surface area contributed by atoms with Crippen LogP contribution in [0.15, 0.2) is 48.8 Å². The average Bonchev–Trinajstić information content (AvgIpc) is 3.14. The van der Waals surface area contributed by atoms with Crippen LogP contribution >= 0.6 is 11.6 Å². The van der Waals surface area contributed by atoms with E-state index < -0.39 is 0 Å². The van der Waals surface area contributed by atoms with Gasteiger partial charge in [-0.25, -0.2) is 9.97 Å². The maximum absolute atomic E-state index is 13.0. The summed E-state index contributed by atoms with van der Waals surface area (Å²) >= 11 is 6.07. The summed E-state index contributed by atoms with van der Waals surface area (Å²) in [5.41, 5.74) is 2.62. The molecule has 1 aliphatic rings. The molecule has 1 aliphatic heterocycles. The summed E-state index contributed by atoms with van der Waals surface area (Å²) < 4.78 is 0. The maximum Gasteiger partial charge on any atom is 0.247 e. The first-order valence-electron chi connectivity index (χ1n) is 8.67. The van der Waals surface area contributed by atoms with Gasteiger partial charge >= 0.3 is 0 Å². The largest absolute Gasteiger partial charge is 0.344 e. The number of rotatable bonds is 3. The smallest absolute Gasteiger partial charge is 0.247 e. The van der Waals surface area contributed by atoms with E-state index in [1.807, 2.05) is 43.3 Å². The summed E-state index contributed by atoms with van der Waals surface area (Å²) in [5, 5.41) is 4.61. The molecule has 5 nitrogen and oxygen atoms in total. The first kappa shape index (κ1) is 16.8. The number of nitrogens with zero attached hydrogens (tertiary/aromatic N) is 3. The molecule has 0 saturated carbocycles. The van der Waals surface area contributed by atoms with Crippen molar-refractivity contribution in [1.29, 1.82) is 0 Å². The quantitative estimate of drug-likeness (QED) is 0.754. The highest BCUT2D eigenvalue weighted by Crippen LogP contribution is 2.30. The van der Waals surface area contributed by atoms with Crippen LogP contribution in [0, 0.1) is 6.92 Å². The minimum atomic E-state index is -0.258. The van der Waals surface area contributed by atoms with Gasteiger partial charge in [0.15, 0.2) is 0 Å². The Morgan fingerprint density at radius 2 is 2.08 bits per heavy atom. The molecule has 1 saturated heterocycles. The first-order chi connectivity index (χ1) is 12.6. The van der Waals surface area contributed by atoms with Crippen LogP contribution in [-0.4, -0.2) is 28.5 Å². The number of aromatic nitrogens is 2. The highest BCUT2D eigenvalue weighted by atomic mass is 35.5. The van der Waals surface area contributed by atoms with Gasteiger partial charge in [0.25, 0.3) is 0 Å². The molecule has 2 heterocycles. The van der Waals surface area contributed by atoms with Gasteiger partial charge in [-0.3, -0.25) is 4.79 Å². The number of hydrogen-bond acceptors (Lipinski definition) is 4. The topological polar surface area (TPSA) is 58.1 Å². The standard InChI is InChI=1S/C20H19ClN4O/c1-13-8-9-14(21)11-17(13)24-20(26)18-7-4-10-25(18)19-15-5-2-3-6-16(15)22-12-23-19/h2-3,5-6,8-9,11-12,18H,4,7,10H2,1H3,(H,24,26)/t18-/m0/s1. The van der Waals surface area contributed by atoms with Crippen LogP contribution in [0.2, 0.25) is 5.02 Å². The number of carbonyl (C=O) groups is 1. The van der Waals surface area contributed by atoms with Crippen LogP contribution < -0.4 is 10.2 Å². The molecule has 1 atom stereocenters. The van der Waals surface area contributed by atoms with Crippen LogP contribution in [0.3, 0.4) is 0 Å². The van der Waals surface area contributed by atoms with E-state index in [-0.39, 0.29) is 11.9 Å². The average molecular weight is 367 g/mol. The van der Waals surface area contributed by atoms with Gasteiger partial charge < -0.3 is 10.2 Å². The Morgan fingerprint density at radius 1 is 1.23 bits per heavy atom. The van der Waals surface area contributed by atoms with Gasteiger partial charge in [-0.1, -0.05) is 29.8 Å². The Labute approximate surface area is 157 Å². The maximum atomic E-state index is 13.0. The summed E-state index contributed by atoms with van der Waals surface area (Å²) in [5.74, 6) is 0.784. The number of amides is 1. The van der Waals surface area contributed by atoms with Crippen LogP contribution in [0.5, 0.6) is 0 Å². The lowest BCUT2D eigenvalue weighted by atomic mass is 10.1. The number of halogens is 1. The van der Waals surface area contributed by atoms with E-state index in [0.29, 0.717) is 5.02 Å². The highest BCUT2D eigenvalue weighted by Gasteiger charge is 2.32. The predicted molar refractivity (Wildman–Crippen MR) is 105 cm³/mol. The summed E-state index contributed by atoms with van der Waals surface area (Å²) in [6.45, 7) is 2.75. The molecule has 2 aromatic carbocycles. The molecule has 4 rings (SSSR count). The molecule has 1 amide bonds. The number of carbonyl (C=O) groups excluding carboxylic acids is 1. The molecule has 0 bridgehead atoms. The number of aryl methyl sites for hydroxylation is 1. The van der Waals surface area contributed by atoms with Gasteiger partial charge in [0.2, 0.25) is 5.91 Å². The van der Waals surface area contributed by atoms with E-state index in [4.69, 9.17) is 11.6 Å². The highest BCUT2D eigenvalue weighted by molar-refractivity contribution is 6.31. The number of para-hydroxylation sites is 1. The zero-order valence-electron chi connectivity index (χ0n) is 14.4. The molecule has 132 valence electrons. The third-order valence-electron chi connectivity index (χ3n) is 4.81. The Balaban J connectivity index is 1.64. The summed E-state index contributed by atoms with van der Waals surface area (Å²) in [4.78, 5) is 23.8. The summed E-state index contributed by atoms with van der Waals surface area (Å²) in [6.07, 6.45) is 3.31. The van der Waals surface area contributed by atoms with Crippen molar-refractivity contribution < 1.29 is 4.79 Å². The molecule has 1 aromatic heterocycles. The van der Waals surface area contributed by atoms with Crippen molar-refractivity contribution in [3.8, 4) is 0 Å². The number of hydrogen-bond donors (Lipinski definition) is 1. The Morgan fingerprint density at radius 3 is 2.96 bits per heavy atom. The fraction of sp³-hybridized carbons (Fsp3) is 0.250. The molecular formula is C20H19ClN4O. The van der Waals surface area contributed by atoms with E-state index in [9.17, 15) is 4.79 Å². The number of fused-ring (bicyclic) bond motifs is 1. The fourth-order valence-electron chi connectivity index (χ4n) is 3.46. The van der Waals surface area contributed by atoms with E-state index in [1.165, 1.54) is 0 Å². The second-order valence-corrected chi connectivity index (χ2v) is 6.95. The third-order valence-corrected chi connectivity index (χ3v) is 5.04. The van der Waals surface area contributed by atoms with Crippen LogP contribution in [0.4, 0.5) is 11.5 Å². The van der Waals surface area contributed by atoms with Crippen molar-refractivity contribution in [2.45, 2.75) is 25.8 Å². The minimum absolute atomic E-state index is 0.0319. The van der Waals surface area contributed by atoms with Crippen molar-refractivity contribution in [3.63, 3.8) is 0 Å². The second kappa shape index (κ2) is 6.92. The van der Waals surface area contributed by atoms with Crippen molar-refractivity contribution in [3.05, 3.63) is 59.4 Å². The molecule has 1 fully saturated rings. The zero-order valence-corrected chi connectivity index (χ0v) is 15.2. The van der Waals surface area contributed by atoms with Crippen molar-refractivity contribution in [2.24, 2.45) is 0 Å². The van der Waals surface area contributed by atoms with Gasteiger partial charge in [-0.15, -0.1) is 0 Å². The molecule has 26 heavy (non-hydrogen) atoms. The normalized spacial score (nSPS) is 16.8. The lowest BCUT2D eigenvalue weighted by Gasteiger charge is -2.26. The molecule has 6 heteroatoms. The van der Waals surface area contributed by atoms with Crippen LogP contribution in [0.1, 0.15) is 18.4 Å².